The Hall–Kier alpha value is -0.630. The third kappa shape index (κ3) is 2.06. The lowest BCUT2D eigenvalue weighted by atomic mass is 9.71. The zero-order valence-corrected chi connectivity index (χ0v) is 8.83. The highest BCUT2D eigenvalue weighted by atomic mass is 16.1. The highest BCUT2D eigenvalue weighted by Gasteiger charge is 2.33. The van der Waals surface area contributed by atoms with Crippen LogP contribution in [0.15, 0.2) is 12.2 Å². The number of hydrogen-bond acceptors (Lipinski definition) is 2. The fourth-order valence-corrected chi connectivity index (χ4v) is 2.92. The first kappa shape index (κ1) is 9.91. The second-order valence-corrected chi connectivity index (χ2v) is 4.70. The average molecular weight is 193 g/mol. The van der Waals surface area contributed by atoms with Gasteiger partial charge in [0.05, 0.1) is 0 Å². The van der Waals surface area contributed by atoms with Gasteiger partial charge in [0.15, 0.2) is 5.78 Å². The SMILES string of the molecule is CC=CC(=O)C1CC2CNCC(C2)C1. The molecule has 0 radical (unpaired) electrons. The predicted molar refractivity (Wildman–Crippen MR) is 57.0 cm³/mol. The summed E-state index contributed by atoms with van der Waals surface area (Å²) in [6.45, 7) is 4.16. The number of fused-ring (bicyclic) bond motifs is 2. The van der Waals surface area contributed by atoms with Crippen LogP contribution in [0, 0.1) is 17.8 Å². The van der Waals surface area contributed by atoms with Crippen LogP contribution in [0.4, 0.5) is 0 Å². The molecule has 0 aromatic carbocycles. The topological polar surface area (TPSA) is 29.1 Å². The number of ketones is 1. The van der Waals surface area contributed by atoms with E-state index in [0.29, 0.717) is 11.7 Å². The molecule has 1 heterocycles. The van der Waals surface area contributed by atoms with Gasteiger partial charge in [-0.1, -0.05) is 6.08 Å². The van der Waals surface area contributed by atoms with E-state index in [1.807, 2.05) is 13.0 Å². The summed E-state index contributed by atoms with van der Waals surface area (Å²) in [5, 5.41) is 3.45. The Bertz CT molecular complexity index is 235. The molecule has 1 saturated carbocycles. The summed E-state index contributed by atoms with van der Waals surface area (Å²) < 4.78 is 0. The lowest BCUT2D eigenvalue weighted by Crippen LogP contribution is -2.42. The van der Waals surface area contributed by atoms with E-state index in [1.54, 1.807) is 6.08 Å². The smallest absolute Gasteiger partial charge is 0.158 e. The highest BCUT2D eigenvalue weighted by Crippen LogP contribution is 2.35. The third-order valence-electron chi connectivity index (χ3n) is 3.50. The Kier molecular flexibility index (Phi) is 3.02. The molecule has 0 aromatic rings. The second-order valence-electron chi connectivity index (χ2n) is 4.70. The van der Waals surface area contributed by atoms with Crippen molar-refractivity contribution in [3.05, 3.63) is 12.2 Å². The largest absolute Gasteiger partial charge is 0.316 e. The normalized spacial score (nSPS) is 37.4. The van der Waals surface area contributed by atoms with Crippen molar-refractivity contribution in [3.8, 4) is 0 Å². The third-order valence-corrected chi connectivity index (χ3v) is 3.50. The Balaban J connectivity index is 1.98. The van der Waals surface area contributed by atoms with Gasteiger partial charge in [0.2, 0.25) is 0 Å². The number of rotatable bonds is 2. The van der Waals surface area contributed by atoms with Gasteiger partial charge >= 0.3 is 0 Å². The Morgan fingerprint density at radius 1 is 1.21 bits per heavy atom. The maximum atomic E-state index is 11.7. The van der Waals surface area contributed by atoms with Crippen molar-refractivity contribution in [2.45, 2.75) is 26.2 Å². The molecule has 14 heavy (non-hydrogen) atoms. The minimum Gasteiger partial charge on any atom is -0.316 e. The zero-order chi connectivity index (χ0) is 9.97. The van der Waals surface area contributed by atoms with E-state index in [-0.39, 0.29) is 0 Å². The predicted octanol–water partition coefficient (Wildman–Crippen LogP) is 1.77. The van der Waals surface area contributed by atoms with Crippen LogP contribution in [-0.4, -0.2) is 18.9 Å². The van der Waals surface area contributed by atoms with Crippen molar-refractivity contribution >= 4 is 5.78 Å². The van der Waals surface area contributed by atoms with Crippen molar-refractivity contribution < 1.29 is 4.79 Å². The summed E-state index contributed by atoms with van der Waals surface area (Å²) in [5.74, 6) is 2.17. The fraction of sp³-hybridized carbons (Fsp3) is 0.750. The molecule has 2 aliphatic rings. The van der Waals surface area contributed by atoms with Gasteiger partial charge in [-0.3, -0.25) is 4.79 Å². The minimum absolute atomic E-state index is 0.317. The number of hydrogen-bond donors (Lipinski definition) is 1. The van der Waals surface area contributed by atoms with Crippen LogP contribution in [0.2, 0.25) is 0 Å². The van der Waals surface area contributed by atoms with Crippen LogP contribution in [0.25, 0.3) is 0 Å². The number of nitrogens with one attached hydrogen (secondary N) is 1. The van der Waals surface area contributed by atoms with Gasteiger partial charge in [0.25, 0.3) is 0 Å². The molecule has 2 fully saturated rings. The summed E-state index contributed by atoms with van der Waals surface area (Å²) in [5.41, 5.74) is 0. The molecule has 0 aromatic heterocycles. The molecule has 78 valence electrons. The van der Waals surface area contributed by atoms with E-state index < -0.39 is 0 Å². The molecular weight excluding hydrogens is 174 g/mol. The summed E-state index contributed by atoms with van der Waals surface area (Å²) in [6, 6.07) is 0. The Morgan fingerprint density at radius 2 is 1.86 bits per heavy atom. The van der Waals surface area contributed by atoms with E-state index in [4.69, 9.17) is 0 Å². The Labute approximate surface area is 85.8 Å². The molecule has 1 aliphatic heterocycles. The summed E-state index contributed by atoms with van der Waals surface area (Å²) in [4.78, 5) is 11.7. The number of carbonyl (C=O) groups excluding carboxylic acids is 1. The maximum absolute atomic E-state index is 11.7. The molecule has 2 bridgehead atoms. The molecule has 1 N–H and O–H groups in total. The Morgan fingerprint density at radius 3 is 2.43 bits per heavy atom. The molecular formula is C12H19NO. The molecule has 0 amide bonds. The van der Waals surface area contributed by atoms with Crippen LogP contribution in [0.1, 0.15) is 26.2 Å². The van der Waals surface area contributed by atoms with E-state index >= 15 is 0 Å². The van der Waals surface area contributed by atoms with Gasteiger partial charge < -0.3 is 5.32 Å². The molecule has 2 rings (SSSR count). The van der Waals surface area contributed by atoms with E-state index in [2.05, 4.69) is 5.32 Å². The van der Waals surface area contributed by atoms with Crippen LogP contribution in [0.5, 0.6) is 0 Å². The first-order chi connectivity index (χ1) is 6.79. The molecule has 2 heteroatoms. The fourth-order valence-electron chi connectivity index (χ4n) is 2.92. The van der Waals surface area contributed by atoms with Gasteiger partial charge in [0, 0.05) is 5.92 Å². The summed E-state index contributed by atoms with van der Waals surface area (Å²) in [7, 11) is 0. The zero-order valence-electron chi connectivity index (χ0n) is 8.83. The van der Waals surface area contributed by atoms with Gasteiger partial charge in [-0.05, 0) is 57.2 Å². The van der Waals surface area contributed by atoms with E-state index in [1.165, 1.54) is 6.42 Å². The van der Waals surface area contributed by atoms with Crippen molar-refractivity contribution in [1.82, 2.24) is 5.32 Å². The van der Waals surface area contributed by atoms with Gasteiger partial charge in [-0.2, -0.15) is 0 Å². The van der Waals surface area contributed by atoms with Gasteiger partial charge in [0.1, 0.15) is 0 Å². The maximum Gasteiger partial charge on any atom is 0.158 e. The minimum atomic E-state index is 0.317. The molecule has 1 aliphatic carbocycles. The van der Waals surface area contributed by atoms with Crippen LogP contribution < -0.4 is 5.32 Å². The average Bonchev–Trinajstić information content (AvgIpc) is 2.17. The molecule has 2 atom stereocenters. The van der Waals surface area contributed by atoms with Crippen molar-refractivity contribution in [2.24, 2.45) is 17.8 Å². The molecule has 2 nitrogen and oxygen atoms in total. The van der Waals surface area contributed by atoms with Crippen molar-refractivity contribution in [1.29, 1.82) is 0 Å². The van der Waals surface area contributed by atoms with Crippen molar-refractivity contribution in [2.75, 3.05) is 13.1 Å². The quantitative estimate of drug-likeness (QED) is 0.677. The highest BCUT2D eigenvalue weighted by molar-refractivity contribution is 5.91. The van der Waals surface area contributed by atoms with Crippen LogP contribution in [-0.2, 0) is 4.79 Å². The number of carbonyl (C=O) groups is 1. The molecule has 0 spiro atoms. The monoisotopic (exact) mass is 193 g/mol. The summed E-state index contributed by atoms with van der Waals surface area (Å²) in [6.07, 6.45) is 7.16. The van der Waals surface area contributed by atoms with E-state index in [9.17, 15) is 4.79 Å². The van der Waals surface area contributed by atoms with Gasteiger partial charge in [-0.15, -0.1) is 0 Å². The first-order valence-corrected chi connectivity index (χ1v) is 5.67. The van der Waals surface area contributed by atoms with Crippen LogP contribution in [0.3, 0.4) is 0 Å². The number of allylic oxidation sites excluding steroid dienone is 2. The standard InChI is InChI=1S/C12H19NO/c1-2-3-12(14)11-5-9-4-10(6-11)8-13-7-9/h2-3,9-11,13H,4-8H2,1H3. The van der Waals surface area contributed by atoms with Crippen LogP contribution >= 0.6 is 0 Å². The summed E-state index contributed by atoms with van der Waals surface area (Å²) >= 11 is 0. The van der Waals surface area contributed by atoms with Gasteiger partial charge in [-0.25, -0.2) is 0 Å². The van der Waals surface area contributed by atoms with E-state index in [0.717, 1.165) is 37.8 Å². The lowest BCUT2D eigenvalue weighted by Gasteiger charge is -2.38. The first-order valence-electron chi connectivity index (χ1n) is 5.67. The second kappa shape index (κ2) is 4.26. The lowest BCUT2D eigenvalue weighted by molar-refractivity contribution is -0.120. The van der Waals surface area contributed by atoms with Crippen molar-refractivity contribution in [3.63, 3.8) is 0 Å². The molecule has 1 saturated heterocycles. The molecule has 2 unspecified atom stereocenters. The number of piperidine rings is 1.